The number of aromatic nitrogens is 2. The van der Waals surface area contributed by atoms with E-state index in [-0.39, 0.29) is 17.6 Å². The van der Waals surface area contributed by atoms with Gasteiger partial charge < -0.3 is 15.0 Å². The van der Waals surface area contributed by atoms with Crippen molar-refractivity contribution in [2.75, 3.05) is 25.5 Å². The largest absolute Gasteiger partial charge is 0.438 e. The first kappa shape index (κ1) is 28.5. The number of anilines is 2. The summed E-state index contributed by atoms with van der Waals surface area (Å²) in [6, 6.07) is 12.8. The van der Waals surface area contributed by atoms with Crippen LogP contribution in [0.2, 0.25) is 0 Å². The number of hydrogen-bond donors (Lipinski definition) is 1. The van der Waals surface area contributed by atoms with Gasteiger partial charge in [-0.1, -0.05) is 25.1 Å². The summed E-state index contributed by atoms with van der Waals surface area (Å²) in [6.45, 7) is 4.84. The lowest BCUT2D eigenvalue weighted by molar-refractivity contribution is 0.0146. The zero-order chi connectivity index (χ0) is 29.0. The molecule has 0 amide bonds. The fourth-order valence-corrected chi connectivity index (χ4v) is 5.20. The van der Waals surface area contributed by atoms with Crippen molar-refractivity contribution in [3.63, 3.8) is 0 Å². The molecule has 0 radical (unpaired) electrons. The summed E-state index contributed by atoms with van der Waals surface area (Å²) in [4.78, 5) is 28.0. The van der Waals surface area contributed by atoms with Crippen molar-refractivity contribution >= 4 is 29.2 Å². The third kappa shape index (κ3) is 6.85. The molecule has 2 aromatic carbocycles. The number of ether oxygens (including phenoxy) is 1. The van der Waals surface area contributed by atoms with Gasteiger partial charge in [0, 0.05) is 55.2 Å². The number of allylic oxidation sites excluding steroid dienone is 1. The number of ketones is 1. The van der Waals surface area contributed by atoms with Gasteiger partial charge in [0.05, 0.1) is 0 Å². The summed E-state index contributed by atoms with van der Waals surface area (Å²) in [5, 5.41) is 3.16. The Morgan fingerprint density at radius 1 is 1.17 bits per heavy atom. The van der Waals surface area contributed by atoms with Gasteiger partial charge in [-0.05, 0) is 80.7 Å². The second kappa shape index (κ2) is 12.3. The standard InChI is InChI=1S/C32H35F2N5O2/c1-4-22-18-23(28(40)17-21-12-15-39(3)16-13-21)9-10-27(22)37-31-36-20-26(32(2,33)34)30(38-31)41-29-8-6-5-7-25(29)24-11-14-35-19-24/h5-10,14,18-21H,4,11-13,15-17H2,1-3H3,(H,36,37,38). The fraction of sp³-hybridized carbons (Fsp3) is 0.375. The van der Waals surface area contributed by atoms with Crippen LogP contribution in [0, 0.1) is 5.92 Å². The van der Waals surface area contributed by atoms with Crippen LogP contribution < -0.4 is 10.1 Å². The summed E-state index contributed by atoms with van der Waals surface area (Å²) in [7, 11) is 2.11. The maximum Gasteiger partial charge on any atom is 0.277 e. The molecule has 41 heavy (non-hydrogen) atoms. The van der Waals surface area contributed by atoms with E-state index in [1.165, 1.54) is 0 Å². The smallest absolute Gasteiger partial charge is 0.277 e. The van der Waals surface area contributed by atoms with Crippen molar-refractivity contribution in [2.24, 2.45) is 10.9 Å². The monoisotopic (exact) mass is 559 g/mol. The molecule has 5 rings (SSSR count). The highest BCUT2D eigenvalue weighted by Crippen LogP contribution is 2.39. The van der Waals surface area contributed by atoms with Gasteiger partial charge in [0.15, 0.2) is 5.78 Å². The van der Waals surface area contributed by atoms with Gasteiger partial charge in [-0.15, -0.1) is 0 Å². The normalized spacial score (nSPS) is 16.1. The number of likely N-dealkylation sites (tertiary alicyclic amines) is 1. The van der Waals surface area contributed by atoms with Crippen molar-refractivity contribution in [2.45, 2.75) is 51.9 Å². The highest BCUT2D eigenvalue weighted by molar-refractivity contribution is 5.97. The Bertz CT molecular complexity index is 1470. The molecule has 1 saturated heterocycles. The van der Waals surface area contributed by atoms with Crippen LogP contribution in [0.25, 0.3) is 5.57 Å². The molecule has 214 valence electrons. The van der Waals surface area contributed by atoms with Gasteiger partial charge in [0.2, 0.25) is 11.8 Å². The lowest BCUT2D eigenvalue weighted by Gasteiger charge is -2.28. The van der Waals surface area contributed by atoms with Crippen LogP contribution in [-0.4, -0.2) is 47.0 Å². The maximum absolute atomic E-state index is 14.6. The molecule has 2 aliphatic heterocycles. The van der Waals surface area contributed by atoms with E-state index in [1.54, 1.807) is 30.6 Å². The average Bonchev–Trinajstić information content (AvgIpc) is 3.49. The van der Waals surface area contributed by atoms with Gasteiger partial charge in [0.1, 0.15) is 11.3 Å². The lowest BCUT2D eigenvalue weighted by atomic mass is 9.89. The van der Waals surface area contributed by atoms with Crippen molar-refractivity contribution in [1.82, 2.24) is 14.9 Å². The van der Waals surface area contributed by atoms with E-state index in [0.29, 0.717) is 42.2 Å². The van der Waals surface area contributed by atoms with Crippen LogP contribution in [0.3, 0.4) is 0 Å². The molecule has 3 heterocycles. The molecule has 0 aliphatic carbocycles. The third-order valence-corrected chi connectivity index (χ3v) is 7.68. The molecule has 1 N–H and O–H groups in total. The number of piperidine rings is 1. The second-order valence-corrected chi connectivity index (χ2v) is 10.8. The Morgan fingerprint density at radius 2 is 1.95 bits per heavy atom. The number of nitrogens with one attached hydrogen (secondary N) is 1. The summed E-state index contributed by atoms with van der Waals surface area (Å²) in [5.74, 6) is -2.38. The number of rotatable bonds is 10. The molecule has 0 bridgehead atoms. The van der Waals surface area contributed by atoms with Crippen molar-refractivity contribution in [3.05, 3.63) is 77.1 Å². The van der Waals surface area contributed by atoms with Crippen LogP contribution >= 0.6 is 0 Å². The second-order valence-electron chi connectivity index (χ2n) is 10.8. The number of benzene rings is 2. The van der Waals surface area contributed by atoms with Crippen LogP contribution in [0.1, 0.15) is 66.6 Å². The minimum atomic E-state index is -3.22. The molecular weight excluding hydrogens is 524 g/mol. The first-order valence-electron chi connectivity index (χ1n) is 14.1. The number of aryl methyl sites for hydroxylation is 1. The molecule has 1 fully saturated rings. The molecule has 0 unspecified atom stereocenters. The minimum Gasteiger partial charge on any atom is -0.438 e. The number of carbonyl (C=O) groups excluding carboxylic acids is 1. The minimum absolute atomic E-state index is 0.119. The summed E-state index contributed by atoms with van der Waals surface area (Å²) in [6.07, 6.45) is 8.52. The first-order chi connectivity index (χ1) is 19.7. The van der Waals surface area contributed by atoms with E-state index >= 15 is 0 Å². The molecular formula is C32H35F2N5O2. The SMILES string of the molecule is CCc1cc(C(=O)CC2CCN(C)CC2)ccc1Nc1ncc(C(C)(F)F)c(Oc2ccccc2C2=CN=CC2)n1. The number of para-hydroxylation sites is 1. The Hall–Kier alpha value is -3.98. The topological polar surface area (TPSA) is 79.7 Å². The van der Waals surface area contributed by atoms with Crippen molar-refractivity contribution in [1.29, 1.82) is 0 Å². The number of Topliss-reactive ketones (excluding diaryl/α,β-unsaturated/α-hetero) is 1. The van der Waals surface area contributed by atoms with Gasteiger partial charge in [-0.25, -0.2) is 13.8 Å². The van der Waals surface area contributed by atoms with Gasteiger partial charge >= 0.3 is 0 Å². The fourth-order valence-electron chi connectivity index (χ4n) is 5.20. The van der Waals surface area contributed by atoms with Gasteiger partial charge in [-0.3, -0.25) is 9.79 Å². The summed E-state index contributed by atoms with van der Waals surface area (Å²) in [5.41, 5.74) is 3.57. The molecule has 0 saturated carbocycles. The number of aliphatic imine (C=N–C) groups is 1. The first-order valence-corrected chi connectivity index (χ1v) is 14.1. The molecule has 0 spiro atoms. The van der Waals surface area contributed by atoms with Crippen LogP contribution in [0.15, 0.2) is 59.9 Å². The van der Waals surface area contributed by atoms with Gasteiger partial charge in [-0.2, -0.15) is 4.98 Å². The Morgan fingerprint density at radius 3 is 2.66 bits per heavy atom. The molecule has 2 aliphatic rings. The Kier molecular flexibility index (Phi) is 8.54. The summed E-state index contributed by atoms with van der Waals surface area (Å²) < 4.78 is 35.1. The van der Waals surface area contributed by atoms with E-state index in [2.05, 4.69) is 32.2 Å². The van der Waals surface area contributed by atoms with E-state index in [4.69, 9.17) is 4.74 Å². The number of carbonyl (C=O) groups is 1. The zero-order valence-corrected chi connectivity index (χ0v) is 23.7. The molecule has 9 heteroatoms. The van der Waals surface area contributed by atoms with E-state index in [0.717, 1.165) is 55.8 Å². The number of nitrogens with zero attached hydrogens (tertiary/aromatic N) is 4. The third-order valence-electron chi connectivity index (χ3n) is 7.68. The quantitative estimate of drug-likeness (QED) is 0.261. The lowest BCUT2D eigenvalue weighted by Crippen LogP contribution is -2.31. The predicted molar refractivity (Wildman–Crippen MR) is 157 cm³/mol. The molecule has 7 nitrogen and oxygen atoms in total. The average molecular weight is 560 g/mol. The zero-order valence-electron chi connectivity index (χ0n) is 23.7. The molecule has 0 atom stereocenters. The molecule has 3 aromatic rings. The van der Waals surface area contributed by atoms with Gasteiger partial charge in [0.25, 0.3) is 5.92 Å². The summed E-state index contributed by atoms with van der Waals surface area (Å²) >= 11 is 0. The Labute approximate surface area is 239 Å². The van der Waals surface area contributed by atoms with Crippen molar-refractivity contribution in [3.8, 4) is 11.6 Å². The molecule has 1 aromatic heterocycles. The van der Waals surface area contributed by atoms with E-state index < -0.39 is 11.5 Å². The predicted octanol–water partition coefficient (Wildman–Crippen LogP) is 7.42. The highest BCUT2D eigenvalue weighted by atomic mass is 19.3. The highest BCUT2D eigenvalue weighted by Gasteiger charge is 2.31. The van der Waals surface area contributed by atoms with Crippen LogP contribution in [-0.2, 0) is 12.3 Å². The van der Waals surface area contributed by atoms with E-state index in [1.807, 2.05) is 31.2 Å². The number of alkyl halides is 2. The van der Waals surface area contributed by atoms with E-state index in [9.17, 15) is 13.6 Å². The number of hydrogen-bond acceptors (Lipinski definition) is 7. The van der Waals surface area contributed by atoms with Crippen LogP contribution in [0.5, 0.6) is 11.6 Å². The Balaban J connectivity index is 1.38. The van der Waals surface area contributed by atoms with Crippen LogP contribution in [0.4, 0.5) is 20.4 Å². The van der Waals surface area contributed by atoms with Crippen molar-refractivity contribution < 1.29 is 18.3 Å². The maximum atomic E-state index is 14.6. The number of halogens is 2.